The van der Waals surface area contributed by atoms with Gasteiger partial charge in [-0.05, 0) is 26.0 Å². The average Bonchev–Trinajstić information content (AvgIpc) is 3.24. The van der Waals surface area contributed by atoms with Crippen LogP contribution >= 0.6 is 0 Å². The van der Waals surface area contributed by atoms with Crippen LogP contribution in [0.1, 0.15) is 24.6 Å². The van der Waals surface area contributed by atoms with Gasteiger partial charge in [-0.15, -0.1) is 0 Å². The van der Waals surface area contributed by atoms with E-state index in [0.717, 1.165) is 22.7 Å². The van der Waals surface area contributed by atoms with Crippen LogP contribution in [-0.2, 0) is 0 Å². The molecule has 120 valence electrons. The molecule has 0 aliphatic heterocycles. The van der Waals surface area contributed by atoms with Crippen LogP contribution in [0, 0.1) is 6.92 Å². The van der Waals surface area contributed by atoms with E-state index in [2.05, 4.69) is 30.5 Å². The van der Waals surface area contributed by atoms with Crippen molar-refractivity contribution in [1.29, 1.82) is 0 Å². The van der Waals surface area contributed by atoms with Crippen LogP contribution in [0.4, 0.5) is 5.82 Å². The van der Waals surface area contributed by atoms with Gasteiger partial charge in [-0.25, -0.2) is 4.98 Å². The Morgan fingerprint density at radius 3 is 2.96 bits per heavy atom. The second-order valence-corrected chi connectivity index (χ2v) is 5.45. The number of aromatic nitrogens is 6. The maximum atomic E-state index is 5.38. The third-order valence-electron chi connectivity index (χ3n) is 3.58. The van der Waals surface area contributed by atoms with E-state index in [1.54, 1.807) is 23.1 Å². The van der Waals surface area contributed by atoms with Crippen LogP contribution in [0.2, 0.25) is 0 Å². The van der Waals surface area contributed by atoms with Crippen LogP contribution in [-0.4, -0.2) is 29.7 Å². The molecule has 0 fully saturated rings. The number of hydrogen-bond acceptors (Lipinski definition) is 7. The minimum Gasteiger partial charge on any atom is -0.358 e. The Morgan fingerprint density at radius 1 is 1.21 bits per heavy atom. The summed E-state index contributed by atoms with van der Waals surface area (Å²) in [6, 6.07) is 7.32. The highest BCUT2D eigenvalue weighted by Crippen LogP contribution is 2.21. The lowest BCUT2D eigenvalue weighted by Gasteiger charge is -2.12. The lowest BCUT2D eigenvalue weighted by Crippen LogP contribution is -2.11. The molecule has 0 saturated carbocycles. The van der Waals surface area contributed by atoms with Gasteiger partial charge in [0.15, 0.2) is 5.65 Å². The van der Waals surface area contributed by atoms with E-state index in [1.807, 2.05) is 38.1 Å². The molecule has 4 aromatic rings. The molecule has 0 amide bonds. The van der Waals surface area contributed by atoms with Gasteiger partial charge in [-0.2, -0.15) is 14.6 Å². The fourth-order valence-electron chi connectivity index (χ4n) is 2.45. The second kappa shape index (κ2) is 5.73. The number of pyridine rings is 1. The molecular weight excluding hydrogens is 306 g/mol. The Kier molecular flexibility index (Phi) is 3.42. The Labute approximate surface area is 137 Å². The number of hydrogen-bond donors (Lipinski definition) is 1. The van der Waals surface area contributed by atoms with Crippen LogP contribution in [0.25, 0.3) is 17.0 Å². The molecule has 1 N–H and O–H groups in total. The van der Waals surface area contributed by atoms with E-state index in [-0.39, 0.29) is 6.04 Å². The molecule has 0 bridgehead atoms. The quantitative estimate of drug-likeness (QED) is 0.617. The van der Waals surface area contributed by atoms with Crippen LogP contribution in [0.15, 0.2) is 47.4 Å². The first kappa shape index (κ1) is 14.3. The van der Waals surface area contributed by atoms with Crippen molar-refractivity contribution in [2.75, 3.05) is 5.32 Å². The number of fused-ring (bicyclic) bond motifs is 1. The number of nitrogens with zero attached hydrogens (tertiary/aromatic N) is 6. The largest absolute Gasteiger partial charge is 0.358 e. The summed E-state index contributed by atoms with van der Waals surface area (Å²) in [5.74, 6) is 1.82. The normalized spacial score (nSPS) is 12.4. The summed E-state index contributed by atoms with van der Waals surface area (Å²) in [6.45, 7) is 3.89. The zero-order chi connectivity index (χ0) is 16.5. The molecule has 0 saturated heterocycles. The second-order valence-electron chi connectivity index (χ2n) is 5.45. The number of anilines is 1. The summed E-state index contributed by atoms with van der Waals surface area (Å²) in [6.07, 6.45) is 5.12. The summed E-state index contributed by atoms with van der Waals surface area (Å²) in [7, 11) is 0. The van der Waals surface area contributed by atoms with Crippen molar-refractivity contribution in [2.24, 2.45) is 0 Å². The molecule has 4 heterocycles. The lowest BCUT2D eigenvalue weighted by atomic mass is 10.3. The first-order valence-electron chi connectivity index (χ1n) is 7.52. The standard InChI is InChI=1S/C16H15N7O/c1-10-8-14(23-13(19-10)5-7-18-23)20-11(2)16-21-15(22-24-16)12-4-3-6-17-9-12/h3-9,11,20H,1-2H3/t11-/m0/s1. The van der Waals surface area contributed by atoms with Crippen LogP contribution in [0.3, 0.4) is 0 Å². The first-order valence-corrected chi connectivity index (χ1v) is 7.52. The van der Waals surface area contributed by atoms with Crippen LogP contribution in [0.5, 0.6) is 0 Å². The van der Waals surface area contributed by atoms with Crippen molar-refractivity contribution in [3.05, 3.63) is 54.4 Å². The maximum Gasteiger partial charge on any atom is 0.249 e. The summed E-state index contributed by atoms with van der Waals surface area (Å²) in [4.78, 5) is 12.9. The van der Waals surface area contributed by atoms with Gasteiger partial charge in [-0.3, -0.25) is 4.98 Å². The van der Waals surface area contributed by atoms with E-state index in [9.17, 15) is 0 Å². The van der Waals surface area contributed by atoms with Crippen LogP contribution < -0.4 is 5.32 Å². The predicted octanol–water partition coefficient (Wildman–Crippen LogP) is 2.66. The van der Waals surface area contributed by atoms with Crippen molar-refractivity contribution < 1.29 is 4.52 Å². The fourth-order valence-corrected chi connectivity index (χ4v) is 2.45. The summed E-state index contributed by atoms with van der Waals surface area (Å²) in [5.41, 5.74) is 2.50. The van der Waals surface area contributed by atoms with E-state index in [1.165, 1.54) is 0 Å². The molecule has 0 spiro atoms. The minimum absolute atomic E-state index is 0.183. The van der Waals surface area contributed by atoms with Gasteiger partial charge in [0, 0.05) is 35.8 Å². The van der Waals surface area contributed by atoms with Gasteiger partial charge < -0.3 is 9.84 Å². The van der Waals surface area contributed by atoms with Gasteiger partial charge >= 0.3 is 0 Å². The highest BCUT2D eigenvalue weighted by molar-refractivity contribution is 5.52. The SMILES string of the molecule is Cc1cc(N[C@@H](C)c2nc(-c3cccnc3)no2)n2nccc2n1. The molecule has 24 heavy (non-hydrogen) atoms. The summed E-state index contributed by atoms with van der Waals surface area (Å²) < 4.78 is 7.12. The Bertz CT molecular complexity index is 976. The third kappa shape index (κ3) is 2.58. The number of aryl methyl sites for hydroxylation is 1. The van der Waals surface area contributed by atoms with Gasteiger partial charge in [0.1, 0.15) is 11.9 Å². The van der Waals surface area contributed by atoms with E-state index in [4.69, 9.17) is 4.52 Å². The zero-order valence-corrected chi connectivity index (χ0v) is 13.2. The zero-order valence-electron chi connectivity index (χ0n) is 13.2. The number of rotatable bonds is 4. The molecule has 8 nitrogen and oxygen atoms in total. The monoisotopic (exact) mass is 321 g/mol. The Hall–Kier alpha value is -3.29. The van der Waals surface area contributed by atoms with Crippen molar-refractivity contribution >= 4 is 11.5 Å². The Morgan fingerprint density at radius 2 is 2.12 bits per heavy atom. The maximum absolute atomic E-state index is 5.38. The van der Waals surface area contributed by atoms with Crippen molar-refractivity contribution in [1.82, 2.24) is 29.7 Å². The molecule has 4 rings (SSSR count). The molecule has 4 aromatic heterocycles. The highest BCUT2D eigenvalue weighted by atomic mass is 16.5. The van der Waals surface area contributed by atoms with Gasteiger partial charge in [-0.1, -0.05) is 5.16 Å². The fraction of sp³-hybridized carbons (Fsp3) is 0.188. The molecule has 0 aliphatic carbocycles. The number of nitrogens with one attached hydrogen (secondary N) is 1. The van der Waals surface area contributed by atoms with E-state index < -0.39 is 0 Å². The Balaban J connectivity index is 1.61. The first-order chi connectivity index (χ1) is 11.7. The van der Waals surface area contributed by atoms with Gasteiger partial charge in [0.05, 0.1) is 6.20 Å². The van der Waals surface area contributed by atoms with Gasteiger partial charge in [0.25, 0.3) is 0 Å². The molecule has 8 heteroatoms. The third-order valence-corrected chi connectivity index (χ3v) is 3.58. The van der Waals surface area contributed by atoms with Crippen molar-refractivity contribution in [3.8, 4) is 11.4 Å². The predicted molar refractivity (Wildman–Crippen MR) is 87.3 cm³/mol. The molecule has 0 unspecified atom stereocenters. The van der Waals surface area contributed by atoms with Crippen molar-refractivity contribution in [3.63, 3.8) is 0 Å². The molecular formula is C16H15N7O. The smallest absolute Gasteiger partial charge is 0.249 e. The van der Waals surface area contributed by atoms with Crippen molar-refractivity contribution in [2.45, 2.75) is 19.9 Å². The van der Waals surface area contributed by atoms with E-state index in [0.29, 0.717) is 11.7 Å². The highest BCUT2D eigenvalue weighted by Gasteiger charge is 2.17. The molecule has 0 aromatic carbocycles. The molecule has 1 atom stereocenters. The summed E-state index contributed by atoms with van der Waals surface area (Å²) in [5, 5.41) is 11.6. The van der Waals surface area contributed by atoms with Gasteiger partial charge in [0.2, 0.25) is 11.7 Å². The lowest BCUT2D eigenvalue weighted by molar-refractivity contribution is 0.367. The minimum atomic E-state index is -0.183. The topological polar surface area (TPSA) is 94.0 Å². The summed E-state index contributed by atoms with van der Waals surface area (Å²) >= 11 is 0. The molecule has 0 radical (unpaired) electrons. The van der Waals surface area contributed by atoms with E-state index >= 15 is 0 Å². The average molecular weight is 321 g/mol. The molecule has 0 aliphatic rings.